The Labute approximate surface area is 546 Å². The summed E-state index contributed by atoms with van der Waals surface area (Å²) >= 11 is 0. The molecule has 0 aliphatic heterocycles. The van der Waals surface area contributed by atoms with E-state index in [1.54, 1.807) is 6.08 Å². The number of rotatable bonds is 77. The van der Waals surface area contributed by atoms with Crippen LogP contribution >= 0.6 is 0 Å². The topological polar surface area (TPSA) is 95.9 Å². The van der Waals surface area contributed by atoms with Gasteiger partial charge in [0.1, 0.15) is 0 Å². The van der Waals surface area contributed by atoms with Gasteiger partial charge < -0.3 is 20.3 Å². The Balaban J connectivity index is 3.33. The van der Waals surface area contributed by atoms with Crippen molar-refractivity contribution < 1.29 is 24.5 Å². The number of amides is 1. The summed E-state index contributed by atoms with van der Waals surface area (Å²) in [7, 11) is 0. The van der Waals surface area contributed by atoms with Gasteiger partial charge in [0.2, 0.25) is 5.91 Å². The fourth-order valence-corrected chi connectivity index (χ4v) is 13.2. The number of allylic oxidation sites excluding steroid dienone is 1. The number of hydrogen-bond donors (Lipinski definition) is 3. The molecule has 0 radical (unpaired) electrons. The minimum absolute atomic E-state index is 0.0266. The van der Waals surface area contributed by atoms with Gasteiger partial charge in [-0.1, -0.05) is 437 Å². The molecule has 0 bridgehead atoms. The smallest absolute Gasteiger partial charge is 0.305 e. The lowest BCUT2D eigenvalue weighted by Gasteiger charge is -2.20. The largest absolute Gasteiger partial charge is 0.466 e. The molecule has 3 N–H and O–H groups in total. The molecule has 1 amide bonds. The number of carbonyl (C=O) groups excluding carboxylic acids is 2. The fourth-order valence-electron chi connectivity index (χ4n) is 13.2. The van der Waals surface area contributed by atoms with Crippen molar-refractivity contribution in [3.05, 3.63) is 12.2 Å². The van der Waals surface area contributed by atoms with Crippen molar-refractivity contribution in [1.82, 2.24) is 5.32 Å². The number of aliphatic hydroxyl groups is 2. The molecular formula is C81H159NO5. The number of carbonyl (C=O) groups is 2. The van der Waals surface area contributed by atoms with Crippen molar-refractivity contribution in [3.8, 4) is 0 Å². The van der Waals surface area contributed by atoms with Gasteiger partial charge >= 0.3 is 5.97 Å². The quantitative estimate of drug-likeness (QED) is 0.0320. The van der Waals surface area contributed by atoms with Crippen LogP contribution in [0.15, 0.2) is 12.2 Å². The van der Waals surface area contributed by atoms with Crippen molar-refractivity contribution in [2.75, 3.05) is 13.2 Å². The van der Waals surface area contributed by atoms with E-state index in [0.29, 0.717) is 19.4 Å². The number of nitrogens with one attached hydrogen (secondary N) is 1. The van der Waals surface area contributed by atoms with Crippen LogP contribution in [0, 0.1) is 0 Å². The molecule has 6 nitrogen and oxygen atoms in total. The summed E-state index contributed by atoms with van der Waals surface area (Å²) in [4.78, 5) is 24.7. The van der Waals surface area contributed by atoms with Gasteiger partial charge in [-0.05, 0) is 32.1 Å². The van der Waals surface area contributed by atoms with Gasteiger partial charge in [-0.2, -0.15) is 0 Å². The highest BCUT2D eigenvalue weighted by Crippen LogP contribution is 2.20. The van der Waals surface area contributed by atoms with Crippen LogP contribution in [0.5, 0.6) is 0 Å². The summed E-state index contributed by atoms with van der Waals surface area (Å²) in [5, 5.41) is 23.3. The van der Waals surface area contributed by atoms with Gasteiger partial charge in [0, 0.05) is 12.8 Å². The summed E-state index contributed by atoms with van der Waals surface area (Å²) in [6, 6.07) is -0.625. The Morgan fingerprint density at radius 1 is 0.310 bits per heavy atom. The first-order valence-corrected chi connectivity index (χ1v) is 40.5. The molecule has 0 aromatic rings. The SMILES string of the molecule is CCCCCCCCCCCCCCCCCCCC/C=C/C(O)C(CO)NC(=O)CCCCCCCCCCCCCCCCCCCCCCCCCCCCCCCCCOC(=O)CCCCCCCCCCCCCCCCCCCCC. The number of unbranched alkanes of at least 4 members (excludes halogenated alkanes) is 66. The van der Waals surface area contributed by atoms with Gasteiger partial charge in [-0.25, -0.2) is 0 Å². The molecule has 0 aromatic heterocycles. The monoisotopic (exact) mass is 1230 g/mol. The van der Waals surface area contributed by atoms with Crippen LogP contribution in [0.25, 0.3) is 0 Å². The maximum atomic E-state index is 12.5. The fraction of sp³-hybridized carbons (Fsp3) is 0.951. The number of ether oxygens (including phenoxy) is 1. The molecule has 0 fully saturated rings. The molecule has 0 aromatic carbocycles. The Kier molecular flexibility index (Phi) is 75.8. The van der Waals surface area contributed by atoms with E-state index >= 15 is 0 Å². The zero-order valence-electron chi connectivity index (χ0n) is 59.5. The van der Waals surface area contributed by atoms with Crippen molar-refractivity contribution in [3.63, 3.8) is 0 Å². The highest BCUT2D eigenvalue weighted by Gasteiger charge is 2.18. The van der Waals surface area contributed by atoms with E-state index in [1.165, 1.54) is 405 Å². The molecule has 0 heterocycles. The van der Waals surface area contributed by atoms with Crippen molar-refractivity contribution in [2.24, 2.45) is 0 Å². The number of aliphatic hydroxyl groups excluding tert-OH is 2. The van der Waals surface area contributed by atoms with Gasteiger partial charge in [0.05, 0.1) is 25.4 Å². The molecule has 6 heteroatoms. The maximum Gasteiger partial charge on any atom is 0.305 e. The van der Waals surface area contributed by atoms with E-state index in [0.717, 1.165) is 38.5 Å². The minimum Gasteiger partial charge on any atom is -0.466 e. The lowest BCUT2D eigenvalue weighted by molar-refractivity contribution is -0.143. The first-order valence-electron chi connectivity index (χ1n) is 40.5. The van der Waals surface area contributed by atoms with E-state index in [2.05, 4.69) is 19.2 Å². The first kappa shape index (κ1) is 85.6. The lowest BCUT2D eigenvalue weighted by Crippen LogP contribution is -2.45. The van der Waals surface area contributed by atoms with E-state index in [1.807, 2.05) is 6.08 Å². The van der Waals surface area contributed by atoms with E-state index in [-0.39, 0.29) is 18.5 Å². The molecule has 87 heavy (non-hydrogen) atoms. The predicted octanol–water partition coefficient (Wildman–Crippen LogP) is 26.7. The van der Waals surface area contributed by atoms with Crippen molar-refractivity contribution >= 4 is 11.9 Å². The highest BCUT2D eigenvalue weighted by atomic mass is 16.5. The van der Waals surface area contributed by atoms with Crippen LogP contribution in [-0.4, -0.2) is 47.4 Å². The molecule has 0 saturated heterocycles. The Bertz CT molecular complexity index is 1320. The summed E-state index contributed by atoms with van der Waals surface area (Å²) < 4.78 is 5.52. The standard InChI is InChI=1S/C81H159NO5/c1-3-5-7-9-11-13-15-17-19-21-23-38-41-45-49-53-57-61-65-69-73-79(84)78(77-83)82-80(85)74-70-66-62-58-54-50-46-42-39-35-33-31-29-27-25-24-26-28-30-32-34-36-40-44-48-52-56-60-64-68-72-76-87-81(86)75-71-67-63-59-55-51-47-43-37-22-20-18-16-14-12-10-8-6-4-2/h69,73,78-79,83-84H,3-68,70-72,74-77H2,1-2H3,(H,82,85)/b73-69+. The molecule has 0 aliphatic rings. The summed E-state index contributed by atoms with van der Waals surface area (Å²) in [6.07, 6.45) is 97.7. The molecule has 0 saturated carbocycles. The van der Waals surface area contributed by atoms with Crippen LogP contribution < -0.4 is 5.32 Å². The molecule has 0 rings (SSSR count). The minimum atomic E-state index is -0.842. The third-order valence-electron chi connectivity index (χ3n) is 19.3. The van der Waals surface area contributed by atoms with Gasteiger partial charge in [-0.3, -0.25) is 9.59 Å². The highest BCUT2D eigenvalue weighted by molar-refractivity contribution is 5.76. The second-order valence-electron chi connectivity index (χ2n) is 28.1. The van der Waals surface area contributed by atoms with Crippen LogP contribution in [0.3, 0.4) is 0 Å². The lowest BCUT2D eigenvalue weighted by atomic mass is 10.0. The van der Waals surface area contributed by atoms with Crippen molar-refractivity contribution in [2.45, 2.75) is 482 Å². The first-order chi connectivity index (χ1) is 43.0. The predicted molar refractivity (Wildman–Crippen MR) is 384 cm³/mol. The van der Waals surface area contributed by atoms with Crippen LogP contribution in [0.4, 0.5) is 0 Å². The maximum absolute atomic E-state index is 12.5. The third-order valence-corrected chi connectivity index (χ3v) is 19.3. The zero-order chi connectivity index (χ0) is 62.8. The Morgan fingerprint density at radius 3 is 0.782 bits per heavy atom. The van der Waals surface area contributed by atoms with Crippen LogP contribution in [0.1, 0.15) is 470 Å². The van der Waals surface area contributed by atoms with E-state index < -0.39 is 12.1 Å². The summed E-state index contributed by atoms with van der Waals surface area (Å²) in [6.45, 7) is 4.97. The summed E-state index contributed by atoms with van der Waals surface area (Å²) in [5.41, 5.74) is 0. The van der Waals surface area contributed by atoms with Gasteiger partial charge in [-0.15, -0.1) is 0 Å². The Hall–Kier alpha value is -1.40. The Morgan fingerprint density at radius 2 is 0.529 bits per heavy atom. The molecular weight excluding hydrogens is 1070 g/mol. The van der Waals surface area contributed by atoms with Gasteiger partial charge in [0.25, 0.3) is 0 Å². The van der Waals surface area contributed by atoms with Gasteiger partial charge in [0.15, 0.2) is 0 Å². The average Bonchev–Trinajstić information content (AvgIpc) is 3.53. The van der Waals surface area contributed by atoms with E-state index in [9.17, 15) is 19.8 Å². The molecule has 2 unspecified atom stereocenters. The molecule has 2 atom stereocenters. The molecule has 0 spiro atoms. The zero-order valence-corrected chi connectivity index (χ0v) is 59.5. The second-order valence-corrected chi connectivity index (χ2v) is 28.1. The number of esters is 1. The average molecular weight is 1230 g/mol. The van der Waals surface area contributed by atoms with Crippen LogP contribution in [0.2, 0.25) is 0 Å². The van der Waals surface area contributed by atoms with E-state index in [4.69, 9.17) is 4.74 Å². The third kappa shape index (κ3) is 73.5. The molecule has 0 aliphatic carbocycles. The molecule has 518 valence electrons. The number of hydrogen-bond acceptors (Lipinski definition) is 5. The van der Waals surface area contributed by atoms with Crippen LogP contribution in [-0.2, 0) is 14.3 Å². The second kappa shape index (κ2) is 77.1. The summed E-state index contributed by atoms with van der Waals surface area (Å²) in [5.74, 6) is -0.0320. The van der Waals surface area contributed by atoms with Crippen molar-refractivity contribution in [1.29, 1.82) is 0 Å². The normalized spacial score (nSPS) is 12.5.